The molecule has 3 heterocycles. The predicted octanol–water partition coefficient (Wildman–Crippen LogP) is 4.99. The minimum atomic E-state index is -3.86. The molecule has 2 aliphatic rings. The topological polar surface area (TPSA) is 127 Å². The fourth-order valence-electron chi connectivity index (χ4n) is 6.44. The normalized spacial score (nSPS) is 21.3. The molecular weight excluding hydrogens is 640 g/mol. The molecule has 3 aromatic rings. The lowest BCUT2D eigenvalue weighted by Crippen LogP contribution is -2.58. The molecule has 0 radical (unpaired) electrons. The number of halogens is 3. The van der Waals surface area contributed by atoms with E-state index < -0.39 is 33.8 Å². The van der Waals surface area contributed by atoms with Crippen LogP contribution in [0.3, 0.4) is 0 Å². The number of aromatic nitrogens is 1. The van der Waals surface area contributed by atoms with Crippen LogP contribution in [0, 0.1) is 11.7 Å². The molecule has 2 saturated heterocycles. The fraction of sp³-hybridized carbons (Fsp3) is 0.438. The van der Waals surface area contributed by atoms with E-state index in [1.807, 2.05) is 19.1 Å². The molecule has 1 amide bonds. The highest BCUT2D eigenvalue weighted by atomic mass is 35.5. The van der Waals surface area contributed by atoms with Gasteiger partial charge >= 0.3 is 0 Å². The summed E-state index contributed by atoms with van der Waals surface area (Å²) in [5.41, 5.74) is 7.99. The summed E-state index contributed by atoms with van der Waals surface area (Å²) in [5, 5.41) is 7.14. The lowest BCUT2D eigenvalue weighted by molar-refractivity contribution is -0.118. The third kappa shape index (κ3) is 7.85. The number of nitrogens with one attached hydrogen (secondary N) is 2. The summed E-state index contributed by atoms with van der Waals surface area (Å²) in [5.74, 6) is -1.25. The van der Waals surface area contributed by atoms with Crippen LogP contribution < -0.4 is 16.4 Å². The zero-order valence-electron chi connectivity index (χ0n) is 25.0. The highest BCUT2D eigenvalue weighted by Gasteiger charge is 2.38. The van der Waals surface area contributed by atoms with E-state index in [1.54, 1.807) is 24.3 Å². The number of benzene rings is 2. The van der Waals surface area contributed by atoms with Crippen LogP contribution in [0.1, 0.15) is 43.2 Å². The smallest absolute Gasteiger partial charge is 0.243 e. The van der Waals surface area contributed by atoms with Gasteiger partial charge in [-0.2, -0.15) is 4.31 Å². The number of hydrogen-bond acceptors (Lipinski definition) is 7. The molecule has 242 valence electrons. The molecule has 2 aromatic carbocycles. The number of nitrogens with zero attached hydrogens (tertiary/aromatic N) is 2. The van der Waals surface area contributed by atoms with E-state index in [0.717, 1.165) is 24.6 Å². The van der Waals surface area contributed by atoms with Crippen molar-refractivity contribution in [2.45, 2.75) is 61.5 Å². The first-order valence-electron chi connectivity index (χ1n) is 15.1. The Morgan fingerprint density at radius 2 is 1.73 bits per heavy atom. The van der Waals surface area contributed by atoms with Gasteiger partial charge in [-0.1, -0.05) is 35.3 Å². The van der Waals surface area contributed by atoms with E-state index in [4.69, 9.17) is 33.7 Å². The van der Waals surface area contributed by atoms with Gasteiger partial charge in [0.2, 0.25) is 15.9 Å². The lowest BCUT2D eigenvalue weighted by atomic mass is 9.76. The number of carbonyl (C=O) groups is 1. The van der Waals surface area contributed by atoms with E-state index in [1.165, 1.54) is 22.6 Å². The number of anilines is 1. The van der Waals surface area contributed by atoms with E-state index in [0.29, 0.717) is 42.8 Å². The zero-order chi connectivity index (χ0) is 32.1. The molecule has 2 fully saturated rings. The second kappa shape index (κ2) is 14.8. The number of sulfonamides is 1. The van der Waals surface area contributed by atoms with Crippen molar-refractivity contribution >= 4 is 44.8 Å². The average Bonchev–Trinajstić information content (AvgIpc) is 3.02. The van der Waals surface area contributed by atoms with Gasteiger partial charge in [0.1, 0.15) is 5.82 Å². The second-order valence-corrected chi connectivity index (χ2v) is 14.4. The van der Waals surface area contributed by atoms with Gasteiger partial charge in [-0.05, 0) is 80.5 Å². The average molecular weight is 679 g/mol. The maximum absolute atomic E-state index is 15.3. The molecule has 5 rings (SSSR count). The Kier molecular flexibility index (Phi) is 11.1. The number of piperazine rings is 1. The van der Waals surface area contributed by atoms with Crippen molar-refractivity contribution in [3.05, 3.63) is 87.9 Å². The van der Waals surface area contributed by atoms with Gasteiger partial charge < -0.3 is 21.1 Å². The van der Waals surface area contributed by atoms with Crippen molar-refractivity contribution in [2.75, 3.05) is 31.6 Å². The van der Waals surface area contributed by atoms with Crippen LogP contribution in [0.15, 0.2) is 65.8 Å². The molecule has 13 heteroatoms. The SMILES string of the molecule is C[C@H]1CNCC(CCc2c(F)cncc2NC(=O)[C@@H](N)[C@@H](c2ccc(Cl)cc2)C2CCOCC2)N1S(=O)(=O)c1ccc(Cl)cc1. The highest BCUT2D eigenvalue weighted by Crippen LogP contribution is 2.36. The van der Waals surface area contributed by atoms with Crippen LogP contribution in [0.25, 0.3) is 0 Å². The first-order valence-corrected chi connectivity index (χ1v) is 17.3. The molecule has 4 atom stereocenters. The van der Waals surface area contributed by atoms with Gasteiger partial charge in [0.25, 0.3) is 0 Å². The Hall–Kier alpha value is -2.64. The number of hydrogen-bond donors (Lipinski definition) is 3. The Bertz CT molecular complexity index is 1570. The lowest BCUT2D eigenvalue weighted by Gasteiger charge is -2.40. The van der Waals surface area contributed by atoms with Gasteiger partial charge in [-0.25, -0.2) is 12.8 Å². The van der Waals surface area contributed by atoms with Crippen molar-refractivity contribution in [3.8, 4) is 0 Å². The summed E-state index contributed by atoms with van der Waals surface area (Å²) in [7, 11) is -3.86. The summed E-state index contributed by atoms with van der Waals surface area (Å²) >= 11 is 12.1. The van der Waals surface area contributed by atoms with Crippen LogP contribution in [-0.2, 0) is 26.0 Å². The van der Waals surface area contributed by atoms with Crippen LogP contribution in [0.5, 0.6) is 0 Å². The molecule has 0 spiro atoms. The predicted molar refractivity (Wildman–Crippen MR) is 173 cm³/mol. The summed E-state index contributed by atoms with van der Waals surface area (Å²) in [6, 6.07) is 11.6. The standard InChI is InChI=1S/C32H38Cl2FN5O4S/c1-20-16-37-17-25(40(20)45(42,43)26-9-6-24(34)7-10-26)8-11-27-28(35)18-38-19-29(27)39-32(41)31(36)30(22-12-14-44-15-13-22)21-2-4-23(33)5-3-21/h2-7,9-10,18-20,22,25,30-31,37H,8,11-17,36H2,1H3,(H,39,41)/t20-,25?,30-,31-/m0/s1. The maximum atomic E-state index is 15.3. The van der Waals surface area contributed by atoms with E-state index in [-0.39, 0.29) is 40.4 Å². The first kappa shape index (κ1) is 33.7. The van der Waals surface area contributed by atoms with Crippen LogP contribution >= 0.6 is 23.2 Å². The number of nitrogens with two attached hydrogens (primary N) is 1. The molecule has 45 heavy (non-hydrogen) atoms. The monoisotopic (exact) mass is 677 g/mol. The molecule has 0 bridgehead atoms. The van der Waals surface area contributed by atoms with E-state index >= 15 is 4.39 Å². The number of carbonyl (C=O) groups excluding carboxylic acids is 1. The van der Waals surface area contributed by atoms with Crippen molar-refractivity contribution < 1.29 is 22.3 Å². The van der Waals surface area contributed by atoms with Gasteiger partial charge in [0.15, 0.2) is 0 Å². The highest BCUT2D eigenvalue weighted by molar-refractivity contribution is 7.89. The number of pyridine rings is 1. The summed E-state index contributed by atoms with van der Waals surface area (Å²) in [6.45, 7) is 3.88. The van der Waals surface area contributed by atoms with Crippen molar-refractivity contribution in [1.29, 1.82) is 0 Å². The minimum absolute atomic E-state index is 0.111. The summed E-state index contributed by atoms with van der Waals surface area (Å²) in [4.78, 5) is 17.8. The zero-order valence-corrected chi connectivity index (χ0v) is 27.3. The van der Waals surface area contributed by atoms with Crippen molar-refractivity contribution in [3.63, 3.8) is 0 Å². The summed E-state index contributed by atoms with van der Waals surface area (Å²) < 4.78 is 49.7. The molecule has 0 aliphatic carbocycles. The Morgan fingerprint density at radius 1 is 1.09 bits per heavy atom. The van der Waals surface area contributed by atoms with E-state index in [2.05, 4.69) is 15.6 Å². The van der Waals surface area contributed by atoms with Crippen LogP contribution in [0.4, 0.5) is 10.1 Å². The van der Waals surface area contributed by atoms with Gasteiger partial charge in [0, 0.05) is 59.9 Å². The first-order chi connectivity index (χ1) is 21.6. The van der Waals surface area contributed by atoms with Crippen LogP contribution in [-0.4, -0.2) is 68.0 Å². The Morgan fingerprint density at radius 3 is 2.40 bits per heavy atom. The molecule has 0 saturated carbocycles. The second-order valence-electron chi connectivity index (χ2n) is 11.7. The molecule has 4 N–H and O–H groups in total. The molecule has 1 unspecified atom stereocenters. The molecular formula is C32H38Cl2FN5O4S. The van der Waals surface area contributed by atoms with Crippen molar-refractivity contribution in [2.24, 2.45) is 11.7 Å². The molecule has 9 nitrogen and oxygen atoms in total. The third-order valence-electron chi connectivity index (χ3n) is 8.71. The Labute approximate surface area is 273 Å². The molecule has 1 aromatic heterocycles. The largest absolute Gasteiger partial charge is 0.381 e. The molecule has 2 aliphatic heterocycles. The summed E-state index contributed by atoms with van der Waals surface area (Å²) in [6.07, 6.45) is 4.46. The Balaban J connectivity index is 1.35. The van der Waals surface area contributed by atoms with Gasteiger partial charge in [-0.3, -0.25) is 9.78 Å². The number of ether oxygens (including phenoxy) is 1. The minimum Gasteiger partial charge on any atom is -0.381 e. The van der Waals surface area contributed by atoms with Crippen molar-refractivity contribution in [1.82, 2.24) is 14.6 Å². The van der Waals surface area contributed by atoms with E-state index in [9.17, 15) is 13.2 Å². The fourth-order valence-corrected chi connectivity index (χ4v) is 8.53. The number of rotatable bonds is 10. The maximum Gasteiger partial charge on any atom is 0.243 e. The van der Waals surface area contributed by atoms with Gasteiger partial charge in [-0.15, -0.1) is 0 Å². The quantitative estimate of drug-likeness (QED) is 0.276. The third-order valence-corrected chi connectivity index (χ3v) is 11.3. The van der Waals surface area contributed by atoms with Gasteiger partial charge in [0.05, 0.1) is 29.0 Å². The number of amides is 1. The van der Waals surface area contributed by atoms with Crippen LogP contribution in [0.2, 0.25) is 10.0 Å².